The molecule has 0 aliphatic rings. The molecular formula is C10H14Br2N2O2. The first-order chi connectivity index (χ1) is 7.31. The van der Waals surface area contributed by atoms with E-state index in [1.807, 2.05) is 26.8 Å². The third-order valence-corrected chi connectivity index (χ3v) is 2.63. The van der Waals surface area contributed by atoms with Gasteiger partial charge in [-0.3, -0.25) is 9.48 Å². The van der Waals surface area contributed by atoms with Gasteiger partial charge in [0.25, 0.3) is 0 Å². The number of rotatable bonds is 3. The quantitative estimate of drug-likeness (QED) is 0.620. The van der Waals surface area contributed by atoms with Crippen LogP contribution in [0.2, 0.25) is 0 Å². The molecule has 0 bridgehead atoms. The molecule has 0 N–H and O–H groups in total. The fourth-order valence-corrected chi connectivity index (χ4v) is 2.07. The smallest absolute Gasteiger partial charge is 0.328 e. The van der Waals surface area contributed by atoms with Crippen molar-refractivity contribution in [3.05, 3.63) is 16.4 Å². The normalized spacial score (nSPS) is 11.6. The largest absolute Gasteiger partial charge is 0.459 e. The Balaban J connectivity index is 2.69. The number of ether oxygens (including phenoxy) is 1. The first kappa shape index (κ1) is 13.7. The van der Waals surface area contributed by atoms with Crippen molar-refractivity contribution < 1.29 is 9.53 Å². The molecule has 0 amide bonds. The first-order valence-corrected chi connectivity index (χ1v) is 6.73. The third kappa shape index (κ3) is 4.25. The Bertz CT molecular complexity index is 383. The minimum Gasteiger partial charge on any atom is -0.459 e. The molecule has 1 rings (SSSR count). The van der Waals surface area contributed by atoms with E-state index in [-0.39, 0.29) is 12.5 Å². The molecule has 1 aromatic rings. The molecule has 0 unspecified atom stereocenters. The Labute approximate surface area is 112 Å². The van der Waals surface area contributed by atoms with Crippen LogP contribution in [0.3, 0.4) is 0 Å². The Hall–Kier alpha value is -0.360. The molecule has 0 spiro atoms. The lowest BCUT2D eigenvalue weighted by Gasteiger charge is -2.19. The second kappa shape index (κ2) is 5.31. The van der Waals surface area contributed by atoms with Gasteiger partial charge in [0.1, 0.15) is 16.7 Å². The fraction of sp³-hybridized carbons (Fsp3) is 0.600. The molecular weight excluding hydrogens is 340 g/mol. The van der Waals surface area contributed by atoms with Crippen LogP contribution >= 0.6 is 31.9 Å². The lowest BCUT2D eigenvalue weighted by Crippen LogP contribution is -2.27. The Morgan fingerprint density at radius 2 is 2.19 bits per heavy atom. The van der Waals surface area contributed by atoms with Crippen molar-refractivity contribution in [1.82, 2.24) is 9.78 Å². The monoisotopic (exact) mass is 352 g/mol. The van der Waals surface area contributed by atoms with Crippen LogP contribution in [0.25, 0.3) is 0 Å². The van der Waals surface area contributed by atoms with E-state index in [9.17, 15) is 4.79 Å². The summed E-state index contributed by atoms with van der Waals surface area (Å²) in [6, 6.07) is 1.86. The summed E-state index contributed by atoms with van der Waals surface area (Å²) in [4.78, 5) is 11.6. The summed E-state index contributed by atoms with van der Waals surface area (Å²) in [5.41, 5.74) is 0.466. The standard InChI is InChI=1S/C10H14Br2N2O2/c1-10(2,3)16-9(15)6-14-7(5-11)4-8(12)13-14/h4H,5-6H2,1-3H3. The minimum absolute atomic E-state index is 0.129. The first-order valence-electron chi connectivity index (χ1n) is 4.82. The topological polar surface area (TPSA) is 44.1 Å². The van der Waals surface area contributed by atoms with Crippen LogP contribution < -0.4 is 0 Å². The van der Waals surface area contributed by atoms with Crippen molar-refractivity contribution in [2.24, 2.45) is 0 Å². The van der Waals surface area contributed by atoms with Gasteiger partial charge in [-0.2, -0.15) is 5.10 Å². The van der Waals surface area contributed by atoms with Crippen molar-refractivity contribution in [3.8, 4) is 0 Å². The second-order valence-electron chi connectivity index (χ2n) is 4.34. The van der Waals surface area contributed by atoms with Crippen LogP contribution in [0, 0.1) is 0 Å². The Morgan fingerprint density at radius 1 is 1.56 bits per heavy atom. The number of halogens is 2. The highest BCUT2D eigenvalue weighted by Gasteiger charge is 2.18. The Morgan fingerprint density at radius 3 is 2.69 bits per heavy atom. The number of nitrogens with zero attached hydrogens (tertiary/aromatic N) is 2. The van der Waals surface area contributed by atoms with Crippen LogP contribution in [0.15, 0.2) is 10.7 Å². The van der Waals surface area contributed by atoms with Crippen molar-refractivity contribution in [2.75, 3.05) is 0 Å². The van der Waals surface area contributed by atoms with Crippen molar-refractivity contribution >= 4 is 37.8 Å². The molecule has 4 nitrogen and oxygen atoms in total. The highest BCUT2D eigenvalue weighted by atomic mass is 79.9. The van der Waals surface area contributed by atoms with Crippen molar-refractivity contribution in [2.45, 2.75) is 38.2 Å². The average molecular weight is 354 g/mol. The van der Waals surface area contributed by atoms with Crippen molar-refractivity contribution in [1.29, 1.82) is 0 Å². The highest BCUT2D eigenvalue weighted by Crippen LogP contribution is 2.14. The molecule has 16 heavy (non-hydrogen) atoms. The number of esters is 1. The van der Waals surface area contributed by atoms with E-state index in [0.29, 0.717) is 9.93 Å². The maximum Gasteiger partial charge on any atom is 0.328 e. The lowest BCUT2D eigenvalue weighted by molar-refractivity contribution is -0.155. The molecule has 0 saturated carbocycles. The molecule has 0 aliphatic heterocycles. The third-order valence-electron chi connectivity index (χ3n) is 1.67. The SMILES string of the molecule is CC(C)(C)OC(=O)Cn1nc(Br)cc1CBr. The maximum atomic E-state index is 11.6. The summed E-state index contributed by atoms with van der Waals surface area (Å²) in [7, 11) is 0. The van der Waals surface area contributed by atoms with E-state index in [4.69, 9.17) is 4.74 Å². The van der Waals surface area contributed by atoms with Crippen LogP contribution in [0.5, 0.6) is 0 Å². The molecule has 0 atom stereocenters. The van der Waals surface area contributed by atoms with E-state index >= 15 is 0 Å². The van der Waals surface area contributed by atoms with Gasteiger partial charge in [-0.1, -0.05) is 15.9 Å². The number of hydrogen-bond donors (Lipinski definition) is 0. The van der Waals surface area contributed by atoms with E-state index in [2.05, 4.69) is 37.0 Å². The summed E-state index contributed by atoms with van der Waals surface area (Å²) in [5, 5.41) is 4.80. The predicted octanol–water partition coefficient (Wildman–Crippen LogP) is 2.88. The van der Waals surface area contributed by atoms with Gasteiger partial charge in [-0.25, -0.2) is 0 Å². The number of carbonyl (C=O) groups is 1. The van der Waals surface area contributed by atoms with Crippen LogP contribution in [-0.4, -0.2) is 21.4 Å². The van der Waals surface area contributed by atoms with Gasteiger partial charge < -0.3 is 4.74 Å². The minimum atomic E-state index is -0.462. The van der Waals surface area contributed by atoms with Gasteiger partial charge in [0.2, 0.25) is 0 Å². The molecule has 0 aliphatic carbocycles. The van der Waals surface area contributed by atoms with Gasteiger partial charge in [0.15, 0.2) is 0 Å². The van der Waals surface area contributed by atoms with Gasteiger partial charge in [-0.05, 0) is 42.8 Å². The summed E-state index contributed by atoms with van der Waals surface area (Å²) in [5.74, 6) is -0.287. The second-order valence-corrected chi connectivity index (χ2v) is 5.71. The number of carbonyl (C=O) groups excluding carboxylic acids is 1. The Kier molecular flexibility index (Phi) is 4.55. The average Bonchev–Trinajstić information content (AvgIpc) is 2.42. The summed E-state index contributed by atoms with van der Waals surface area (Å²) in [6.45, 7) is 5.66. The summed E-state index contributed by atoms with van der Waals surface area (Å²) in [6.07, 6.45) is 0. The maximum absolute atomic E-state index is 11.6. The zero-order valence-electron chi connectivity index (χ0n) is 9.46. The zero-order valence-corrected chi connectivity index (χ0v) is 12.6. The number of aromatic nitrogens is 2. The molecule has 0 fully saturated rings. The number of hydrogen-bond acceptors (Lipinski definition) is 3. The van der Waals surface area contributed by atoms with E-state index in [1.165, 1.54) is 0 Å². The lowest BCUT2D eigenvalue weighted by atomic mass is 10.2. The van der Waals surface area contributed by atoms with Gasteiger partial charge in [-0.15, -0.1) is 0 Å². The zero-order chi connectivity index (χ0) is 12.3. The molecule has 6 heteroatoms. The van der Waals surface area contributed by atoms with E-state index in [1.54, 1.807) is 4.68 Å². The predicted molar refractivity (Wildman–Crippen MR) is 68.4 cm³/mol. The molecule has 0 saturated heterocycles. The van der Waals surface area contributed by atoms with E-state index < -0.39 is 5.60 Å². The molecule has 90 valence electrons. The molecule has 0 aromatic carbocycles. The molecule has 0 radical (unpaired) electrons. The molecule has 1 heterocycles. The van der Waals surface area contributed by atoms with E-state index in [0.717, 1.165) is 5.69 Å². The fourth-order valence-electron chi connectivity index (χ4n) is 1.16. The number of alkyl halides is 1. The highest BCUT2D eigenvalue weighted by molar-refractivity contribution is 9.10. The van der Waals surface area contributed by atoms with Crippen LogP contribution in [-0.2, 0) is 21.4 Å². The van der Waals surface area contributed by atoms with Crippen molar-refractivity contribution in [3.63, 3.8) is 0 Å². The molecule has 1 aromatic heterocycles. The van der Waals surface area contributed by atoms with Crippen LogP contribution in [0.4, 0.5) is 0 Å². The van der Waals surface area contributed by atoms with Gasteiger partial charge >= 0.3 is 5.97 Å². The van der Waals surface area contributed by atoms with Gasteiger partial charge in [0.05, 0.1) is 5.69 Å². The van der Waals surface area contributed by atoms with Crippen LogP contribution in [0.1, 0.15) is 26.5 Å². The van der Waals surface area contributed by atoms with Gasteiger partial charge in [0, 0.05) is 5.33 Å². The summed E-state index contributed by atoms with van der Waals surface area (Å²) < 4.78 is 7.55. The summed E-state index contributed by atoms with van der Waals surface area (Å²) >= 11 is 6.61.